The van der Waals surface area contributed by atoms with Crippen LogP contribution in [0.3, 0.4) is 0 Å². The first-order valence-corrected chi connectivity index (χ1v) is 4.03. The van der Waals surface area contributed by atoms with Crippen molar-refractivity contribution in [1.82, 2.24) is 4.98 Å². The van der Waals surface area contributed by atoms with Crippen molar-refractivity contribution in [2.24, 2.45) is 0 Å². The van der Waals surface area contributed by atoms with E-state index in [1.807, 2.05) is 0 Å². The molecule has 14 heavy (non-hydrogen) atoms. The van der Waals surface area contributed by atoms with Crippen LogP contribution >= 0.6 is 0 Å². The van der Waals surface area contributed by atoms with E-state index in [2.05, 4.69) is 4.98 Å². The Morgan fingerprint density at radius 1 is 1.57 bits per heavy atom. The average molecular weight is 203 g/mol. The molecule has 1 heterocycles. The number of rotatable bonds is 3. The van der Waals surface area contributed by atoms with E-state index in [4.69, 9.17) is 9.84 Å². The number of aliphatic hydroxyl groups excluding tert-OH is 1. The van der Waals surface area contributed by atoms with Crippen LogP contribution in [0.1, 0.15) is 23.2 Å². The van der Waals surface area contributed by atoms with E-state index in [0.717, 1.165) is 0 Å². The minimum absolute atomic E-state index is 0.137. The van der Waals surface area contributed by atoms with Crippen molar-refractivity contribution in [3.05, 3.63) is 22.9 Å². The van der Waals surface area contributed by atoms with Gasteiger partial charge in [0, 0.05) is 11.1 Å². The van der Waals surface area contributed by atoms with Crippen LogP contribution in [0, 0.1) is 6.92 Å². The highest BCUT2D eigenvalue weighted by atomic mass is 19.3. The van der Waals surface area contributed by atoms with Crippen LogP contribution in [0.5, 0.6) is 5.88 Å². The molecule has 0 bridgehead atoms. The Morgan fingerprint density at radius 3 is 2.64 bits per heavy atom. The number of aromatic nitrogens is 1. The van der Waals surface area contributed by atoms with Gasteiger partial charge in [-0.15, -0.1) is 0 Å². The van der Waals surface area contributed by atoms with Crippen LogP contribution in [0.2, 0.25) is 0 Å². The molecule has 0 aliphatic rings. The predicted octanol–water partition coefficient (Wildman–Crippen LogP) is 1.83. The third-order valence-electron chi connectivity index (χ3n) is 1.85. The van der Waals surface area contributed by atoms with Gasteiger partial charge in [0.05, 0.1) is 13.7 Å². The zero-order valence-electron chi connectivity index (χ0n) is 7.92. The number of pyridine rings is 1. The van der Waals surface area contributed by atoms with Gasteiger partial charge in [0.1, 0.15) is 5.69 Å². The Bertz CT molecular complexity index is 329. The SMILES string of the molecule is COc1nc(C(F)F)c(CO)cc1C. The monoisotopic (exact) mass is 203 g/mol. The Kier molecular flexibility index (Phi) is 3.35. The van der Waals surface area contributed by atoms with E-state index in [-0.39, 0.29) is 11.4 Å². The van der Waals surface area contributed by atoms with Crippen LogP contribution in [-0.4, -0.2) is 17.2 Å². The summed E-state index contributed by atoms with van der Waals surface area (Å²) in [6, 6.07) is 1.45. The van der Waals surface area contributed by atoms with Gasteiger partial charge in [0.2, 0.25) is 5.88 Å². The molecule has 0 amide bonds. The molecule has 0 unspecified atom stereocenters. The minimum Gasteiger partial charge on any atom is -0.481 e. The highest BCUT2D eigenvalue weighted by Gasteiger charge is 2.17. The van der Waals surface area contributed by atoms with Crippen molar-refractivity contribution in [3.63, 3.8) is 0 Å². The molecule has 0 spiro atoms. The van der Waals surface area contributed by atoms with Gasteiger partial charge in [-0.05, 0) is 13.0 Å². The van der Waals surface area contributed by atoms with Gasteiger partial charge < -0.3 is 9.84 Å². The lowest BCUT2D eigenvalue weighted by molar-refractivity contribution is 0.140. The lowest BCUT2D eigenvalue weighted by Gasteiger charge is -2.10. The third-order valence-corrected chi connectivity index (χ3v) is 1.85. The van der Waals surface area contributed by atoms with Gasteiger partial charge in [-0.3, -0.25) is 0 Å². The molecule has 1 N–H and O–H groups in total. The maximum absolute atomic E-state index is 12.4. The molecular weight excluding hydrogens is 192 g/mol. The van der Waals surface area contributed by atoms with Crippen molar-refractivity contribution < 1.29 is 18.6 Å². The molecule has 3 nitrogen and oxygen atoms in total. The van der Waals surface area contributed by atoms with E-state index in [1.54, 1.807) is 6.92 Å². The molecule has 0 fully saturated rings. The quantitative estimate of drug-likeness (QED) is 0.814. The summed E-state index contributed by atoms with van der Waals surface area (Å²) < 4.78 is 29.7. The topological polar surface area (TPSA) is 42.4 Å². The summed E-state index contributed by atoms with van der Waals surface area (Å²) in [4.78, 5) is 3.63. The van der Waals surface area contributed by atoms with E-state index in [1.165, 1.54) is 13.2 Å². The van der Waals surface area contributed by atoms with Gasteiger partial charge in [0.15, 0.2) is 0 Å². The summed E-state index contributed by atoms with van der Waals surface area (Å²) >= 11 is 0. The van der Waals surface area contributed by atoms with Crippen molar-refractivity contribution in [2.75, 3.05) is 7.11 Å². The molecule has 1 aromatic heterocycles. The fourth-order valence-electron chi connectivity index (χ4n) is 1.19. The van der Waals surface area contributed by atoms with Crippen molar-refractivity contribution in [1.29, 1.82) is 0 Å². The van der Waals surface area contributed by atoms with E-state index < -0.39 is 18.7 Å². The first kappa shape index (κ1) is 10.8. The minimum atomic E-state index is -2.70. The molecule has 0 aliphatic heterocycles. The van der Waals surface area contributed by atoms with E-state index in [0.29, 0.717) is 5.56 Å². The summed E-state index contributed by atoms with van der Waals surface area (Å²) in [5.74, 6) is 0.164. The molecule has 0 atom stereocenters. The van der Waals surface area contributed by atoms with E-state index >= 15 is 0 Å². The average Bonchev–Trinajstić information content (AvgIpc) is 2.16. The van der Waals surface area contributed by atoms with Gasteiger partial charge in [-0.25, -0.2) is 13.8 Å². The molecular formula is C9H11F2NO2. The highest BCUT2D eigenvalue weighted by Crippen LogP contribution is 2.26. The lowest BCUT2D eigenvalue weighted by Crippen LogP contribution is -2.02. The number of hydrogen-bond acceptors (Lipinski definition) is 3. The van der Waals surface area contributed by atoms with Crippen molar-refractivity contribution >= 4 is 0 Å². The summed E-state index contributed by atoms with van der Waals surface area (Å²) in [5, 5.41) is 8.84. The summed E-state index contributed by atoms with van der Waals surface area (Å²) in [5.41, 5.74) is 0.342. The summed E-state index contributed by atoms with van der Waals surface area (Å²) in [7, 11) is 1.36. The van der Waals surface area contributed by atoms with Crippen molar-refractivity contribution in [2.45, 2.75) is 20.0 Å². The van der Waals surface area contributed by atoms with Crippen LogP contribution in [0.25, 0.3) is 0 Å². The third kappa shape index (κ3) is 1.98. The second-order valence-corrected chi connectivity index (χ2v) is 2.82. The predicted molar refractivity (Wildman–Crippen MR) is 46.4 cm³/mol. The normalized spacial score (nSPS) is 10.7. The highest BCUT2D eigenvalue weighted by molar-refractivity contribution is 5.33. The number of hydrogen-bond donors (Lipinski definition) is 1. The molecule has 0 aromatic carbocycles. The second kappa shape index (κ2) is 4.32. The molecule has 1 aromatic rings. The molecule has 0 saturated heterocycles. The number of aryl methyl sites for hydroxylation is 1. The molecule has 0 radical (unpaired) electrons. The van der Waals surface area contributed by atoms with Crippen LogP contribution in [0.15, 0.2) is 6.07 Å². The second-order valence-electron chi connectivity index (χ2n) is 2.82. The lowest BCUT2D eigenvalue weighted by atomic mass is 10.1. The fourth-order valence-corrected chi connectivity index (χ4v) is 1.19. The Morgan fingerprint density at radius 2 is 2.21 bits per heavy atom. The van der Waals surface area contributed by atoms with Crippen molar-refractivity contribution in [3.8, 4) is 5.88 Å². The van der Waals surface area contributed by atoms with E-state index in [9.17, 15) is 8.78 Å². The molecule has 0 aliphatic carbocycles. The molecule has 0 saturated carbocycles. The zero-order chi connectivity index (χ0) is 10.7. The maximum atomic E-state index is 12.4. The number of methoxy groups -OCH3 is 1. The Labute approximate surface area is 80.3 Å². The Hall–Kier alpha value is -1.23. The number of halogens is 2. The van der Waals surface area contributed by atoms with Crippen LogP contribution < -0.4 is 4.74 Å². The fraction of sp³-hybridized carbons (Fsp3) is 0.444. The largest absolute Gasteiger partial charge is 0.481 e. The maximum Gasteiger partial charge on any atom is 0.280 e. The zero-order valence-corrected chi connectivity index (χ0v) is 7.92. The molecule has 78 valence electrons. The Balaban J connectivity index is 3.25. The first-order valence-electron chi connectivity index (χ1n) is 4.03. The van der Waals surface area contributed by atoms with Gasteiger partial charge in [0.25, 0.3) is 6.43 Å². The smallest absolute Gasteiger partial charge is 0.280 e. The van der Waals surface area contributed by atoms with Gasteiger partial charge >= 0.3 is 0 Å². The number of nitrogens with zero attached hydrogens (tertiary/aromatic N) is 1. The van der Waals surface area contributed by atoms with Crippen LogP contribution in [0.4, 0.5) is 8.78 Å². The number of aliphatic hydroxyl groups is 1. The van der Waals surface area contributed by atoms with Gasteiger partial charge in [-0.1, -0.05) is 0 Å². The first-order chi connectivity index (χ1) is 6.60. The molecule has 1 rings (SSSR count). The number of alkyl halides is 2. The number of ether oxygens (including phenoxy) is 1. The molecule has 5 heteroatoms. The summed E-state index contributed by atoms with van der Waals surface area (Å²) in [6.45, 7) is 1.23. The van der Waals surface area contributed by atoms with Crippen LogP contribution in [-0.2, 0) is 6.61 Å². The standard InChI is InChI=1S/C9H11F2NO2/c1-5-3-6(4-13)7(8(10)11)12-9(5)14-2/h3,8,13H,4H2,1-2H3. The van der Waals surface area contributed by atoms with Gasteiger partial charge in [-0.2, -0.15) is 0 Å². The summed E-state index contributed by atoms with van der Waals surface area (Å²) in [6.07, 6.45) is -2.70.